The maximum Gasteiger partial charge on any atom is 0.407 e. The zero-order chi connectivity index (χ0) is 12.4. The third-order valence-corrected chi connectivity index (χ3v) is 3.91. The Kier molecular flexibility index (Phi) is 1.95. The zero-order valence-electron chi connectivity index (χ0n) is 8.97. The van der Waals surface area contributed by atoms with Crippen LogP contribution in [0.3, 0.4) is 0 Å². The quantitative estimate of drug-likeness (QED) is 0.724. The van der Waals surface area contributed by atoms with Crippen molar-refractivity contribution in [1.29, 1.82) is 0 Å². The molecule has 17 heavy (non-hydrogen) atoms. The van der Waals surface area contributed by atoms with Gasteiger partial charge >= 0.3 is 6.09 Å². The summed E-state index contributed by atoms with van der Waals surface area (Å²) >= 11 is 0. The third kappa shape index (κ3) is 1.56. The molecular weight excluding hydrogens is 234 g/mol. The molecule has 5 nitrogen and oxygen atoms in total. The van der Waals surface area contributed by atoms with Gasteiger partial charge in [0.25, 0.3) is 5.92 Å². The standard InChI is InChI=1S/C10H12F2N2O3/c11-10(12)3-14(4-10)8(15)7-5-1-13(9(16)17)2-6(5)7/h5-7H,1-4H2,(H,16,17)/t5-,6+,7+. The van der Waals surface area contributed by atoms with Gasteiger partial charge in [-0.1, -0.05) is 0 Å². The molecule has 1 aliphatic carbocycles. The molecule has 3 rings (SSSR count). The van der Waals surface area contributed by atoms with Gasteiger partial charge in [0.05, 0.1) is 13.1 Å². The van der Waals surface area contributed by atoms with E-state index in [0.29, 0.717) is 13.1 Å². The van der Waals surface area contributed by atoms with Crippen LogP contribution in [0.2, 0.25) is 0 Å². The molecule has 1 saturated carbocycles. The fourth-order valence-corrected chi connectivity index (χ4v) is 2.93. The number of amides is 2. The molecule has 0 unspecified atom stereocenters. The van der Waals surface area contributed by atoms with Crippen molar-refractivity contribution in [2.75, 3.05) is 26.2 Å². The van der Waals surface area contributed by atoms with Crippen LogP contribution in [-0.4, -0.2) is 59.0 Å². The normalized spacial score (nSPS) is 37.4. The molecule has 1 N–H and O–H groups in total. The van der Waals surface area contributed by atoms with Crippen LogP contribution in [-0.2, 0) is 4.79 Å². The number of fused-ring (bicyclic) bond motifs is 1. The minimum atomic E-state index is -2.73. The highest BCUT2D eigenvalue weighted by molar-refractivity contribution is 5.84. The molecule has 3 fully saturated rings. The smallest absolute Gasteiger partial charge is 0.407 e. The van der Waals surface area contributed by atoms with Gasteiger partial charge < -0.3 is 14.9 Å². The number of hydrogen-bond donors (Lipinski definition) is 1. The minimum absolute atomic E-state index is 0.0489. The van der Waals surface area contributed by atoms with Gasteiger partial charge in [-0.2, -0.15) is 0 Å². The first-order chi connectivity index (χ1) is 7.89. The Morgan fingerprint density at radius 3 is 2.06 bits per heavy atom. The zero-order valence-corrected chi connectivity index (χ0v) is 8.97. The third-order valence-electron chi connectivity index (χ3n) is 3.91. The Labute approximate surface area is 96.0 Å². The van der Waals surface area contributed by atoms with Crippen LogP contribution in [0.15, 0.2) is 0 Å². The first-order valence-corrected chi connectivity index (χ1v) is 5.53. The Morgan fingerprint density at radius 1 is 1.12 bits per heavy atom. The summed E-state index contributed by atoms with van der Waals surface area (Å²) in [6, 6.07) is 0. The number of carbonyl (C=O) groups excluding carboxylic acids is 1. The van der Waals surface area contributed by atoms with Crippen LogP contribution in [0, 0.1) is 17.8 Å². The predicted molar refractivity (Wildman–Crippen MR) is 51.6 cm³/mol. The minimum Gasteiger partial charge on any atom is -0.465 e. The molecule has 0 spiro atoms. The fraction of sp³-hybridized carbons (Fsp3) is 0.800. The summed E-state index contributed by atoms with van der Waals surface area (Å²) in [5.41, 5.74) is 0. The van der Waals surface area contributed by atoms with Crippen LogP contribution >= 0.6 is 0 Å². The van der Waals surface area contributed by atoms with Crippen molar-refractivity contribution in [1.82, 2.24) is 9.80 Å². The van der Waals surface area contributed by atoms with E-state index in [9.17, 15) is 18.4 Å². The highest BCUT2D eigenvalue weighted by Gasteiger charge is 2.63. The Balaban J connectivity index is 1.54. The number of rotatable bonds is 1. The monoisotopic (exact) mass is 246 g/mol. The number of piperidine rings is 1. The van der Waals surface area contributed by atoms with Crippen molar-refractivity contribution in [3.63, 3.8) is 0 Å². The lowest BCUT2D eigenvalue weighted by Gasteiger charge is -2.39. The molecule has 2 amide bonds. The van der Waals surface area contributed by atoms with Crippen LogP contribution < -0.4 is 0 Å². The predicted octanol–water partition coefficient (Wildman–Crippen LogP) is 0.320. The van der Waals surface area contributed by atoms with Crippen molar-refractivity contribution >= 4 is 12.0 Å². The maximum absolute atomic E-state index is 12.6. The van der Waals surface area contributed by atoms with Crippen LogP contribution in [0.5, 0.6) is 0 Å². The first-order valence-electron chi connectivity index (χ1n) is 5.53. The van der Waals surface area contributed by atoms with Crippen molar-refractivity contribution in [3.05, 3.63) is 0 Å². The highest BCUT2D eigenvalue weighted by Crippen LogP contribution is 2.53. The second-order valence-corrected chi connectivity index (χ2v) is 5.09. The van der Waals surface area contributed by atoms with Crippen molar-refractivity contribution in [3.8, 4) is 0 Å². The van der Waals surface area contributed by atoms with Gasteiger partial charge in [-0.15, -0.1) is 0 Å². The van der Waals surface area contributed by atoms with E-state index in [1.807, 2.05) is 0 Å². The number of carboxylic acid groups (broad SMARTS) is 1. The topological polar surface area (TPSA) is 60.9 Å². The molecule has 2 heterocycles. The van der Waals surface area contributed by atoms with Gasteiger partial charge in [-0.3, -0.25) is 4.79 Å². The van der Waals surface area contributed by atoms with Gasteiger partial charge in [0.1, 0.15) is 0 Å². The van der Waals surface area contributed by atoms with E-state index in [1.54, 1.807) is 0 Å². The number of hydrogen-bond acceptors (Lipinski definition) is 2. The van der Waals surface area contributed by atoms with Crippen molar-refractivity contribution < 1.29 is 23.5 Å². The number of carbonyl (C=O) groups is 2. The SMILES string of the molecule is O=C(O)N1C[C@@H]2[C@H](C1)[C@H]2C(=O)N1CC(F)(F)C1. The second kappa shape index (κ2) is 3.08. The lowest BCUT2D eigenvalue weighted by atomic mass is 10.1. The summed E-state index contributed by atoms with van der Waals surface area (Å²) in [5.74, 6) is -3.08. The van der Waals surface area contributed by atoms with E-state index in [4.69, 9.17) is 5.11 Å². The summed E-state index contributed by atoms with van der Waals surface area (Å²) in [7, 11) is 0. The van der Waals surface area contributed by atoms with Crippen molar-refractivity contribution in [2.45, 2.75) is 5.92 Å². The number of halogens is 2. The van der Waals surface area contributed by atoms with Crippen LogP contribution in [0.25, 0.3) is 0 Å². The van der Waals surface area contributed by atoms with Crippen molar-refractivity contribution in [2.24, 2.45) is 17.8 Å². The summed E-state index contributed by atoms with van der Waals surface area (Å²) in [6.45, 7) is -0.240. The summed E-state index contributed by atoms with van der Waals surface area (Å²) in [5, 5.41) is 8.74. The van der Waals surface area contributed by atoms with E-state index in [1.165, 1.54) is 9.80 Å². The van der Waals surface area contributed by atoms with Gasteiger partial charge in [0.2, 0.25) is 5.91 Å². The van der Waals surface area contributed by atoms with E-state index >= 15 is 0 Å². The van der Waals surface area contributed by atoms with E-state index in [0.717, 1.165) is 0 Å². The van der Waals surface area contributed by atoms with Crippen LogP contribution in [0.4, 0.5) is 13.6 Å². The Morgan fingerprint density at radius 2 is 1.65 bits per heavy atom. The molecule has 94 valence electrons. The largest absolute Gasteiger partial charge is 0.465 e. The van der Waals surface area contributed by atoms with E-state index in [2.05, 4.69) is 0 Å². The highest BCUT2D eigenvalue weighted by atomic mass is 19.3. The molecule has 3 atom stereocenters. The average Bonchev–Trinajstić information content (AvgIpc) is 2.67. The van der Waals surface area contributed by atoms with E-state index in [-0.39, 0.29) is 23.7 Å². The van der Waals surface area contributed by atoms with Gasteiger partial charge in [0, 0.05) is 19.0 Å². The molecule has 0 aromatic heterocycles. The fourth-order valence-electron chi connectivity index (χ4n) is 2.93. The molecule has 0 aromatic carbocycles. The first kappa shape index (κ1) is 10.7. The van der Waals surface area contributed by atoms with Crippen LogP contribution in [0.1, 0.15) is 0 Å². The Bertz CT molecular complexity index is 381. The molecule has 0 radical (unpaired) electrons. The summed E-state index contributed by atoms with van der Waals surface area (Å²) < 4.78 is 25.2. The van der Waals surface area contributed by atoms with Gasteiger partial charge in [-0.05, 0) is 11.8 Å². The average molecular weight is 246 g/mol. The number of likely N-dealkylation sites (tertiary alicyclic amines) is 2. The second-order valence-electron chi connectivity index (χ2n) is 5.09. The lowest BCUT2D eigenvalue weighted by Crippen LogP contribution is -2.59. The molecule has 0 bridgehead atoms. The molecule has 3 aliphatic rings. The van der Waals surface area contributed by atoms with E-state index < -0.39 is 25.1 Å². The van der Waals surface area contributed by atoms with Gasteiger partial charge in [-0.25, -0.2) is 13.6 Å². The maximum atomic E-state index is 12.6. The van der Waals surface area contributed by atoms with Gasteiger partial charge in [0.15, 0.2) is 0 Å². The number of nitrogens with zero attached hydrogens (tertiary/aromatic N) is 2. The summed E-state index contributed by atoms with van der Waals surface area (Å²) in [4.78, 5) is 24.9. The summed E-state index contributed by atoms with van der Waals surface area (Å²) in [6.07, 6.45) is -0.973. The Hall–Kier alpha value is -1.40. The molecule has 2 saturated heterocycles. The number of alkyl halides is 2. The molecule has 2 aliphatic heterocycles. The lowest BCUT2D eigenvalue weighted by molar-refractivity contribution is -0.167. The molecule has 7 heteroatoms. The molecule has 0 aromatic rings. The molecular formula is C10H12F2N2O3.